The molecule has 0 fully saturated rings. The van der Waals surface area contributed by atoms with Crippen LogP contribution in [0.4, 0.5) is 34.1 Å². The number of hydrogen-bond donors (Lipinski definition) is 0. The minimum Gasteiger partial charge on any atom is -0.311 e. The van der Waals surface area contributed by atoms with E-state index in [9.17, 15) is 0 Å². The lowest BCUT2D eigenvalue weighted by Crippen LogP contribution is -2.09. The van der Waals surface area contributed by atoms with E-state index in [2.05, 4.69) is 456 Å². The van der Waals surface area contributed by atoms with Crippen molar-refractivity contribution >= 4 is 77.7 Å². The SMILES string of the molecule is c1ccc(-c2ccc(N(c3ccc(-c4ccccc4)cc3)c3ccc(-c4ccc(-c5ccc(-n6c7ccccc7c7ccccc76)cc5)cc4)cc3)cc2)cc1.c1ccc(-c2ccc(N(c3ccc(-c4ccccc4)cc3)c3ccc(-c4ccc(-n5c6ccccc6c6ccccc65)cc4)cc3)cc2)cc1. The van der Waals surface area contributed by atoms with E-state index in [0.717, 1.165) is 45.5 Å². The zero-order valence-corrected chi connectivity index (χ0v) is 58.4. The van der Waals surface area contributed by atoms with Gasteiger partial charge in [-0.25, -0.2) is 0 Å². The molecule has 0 unspecified atom stereocenters. The maximum atomic E-state index is 2.36. The van der Waals surface area contributed by atoms with Crippen LogP contribution in [0.15, 0.2) is 437 Å². The summed E-state index contributed by atoms with van der Waals surface area (Å²) in [6.07, 6.45) is 0. The lowest BCUT2D eigenvalue weighted by Gasteiger charge is -2.26. The third kappa shape index (κ3) is 12.8. The highest BCUT2D eigenvalue weighted by molar-refractivity contribution is 6.10. The van der Waals surface area contributed by atoms with Gasteiger partial charge in [-0.05, 0) is 199 Å². The van der Waals surface area contributed by atoms with E-state index in [-0.39, 0.29) is 0 Å². The van der Waals surface area contributed by atoms with Gasteiger partial charge in [0.1, 0.15) is 0 Å². The van der Waals surface area contributed by atoms with Gasteiger partial charge in [0.2, 0.25) is 0 Å². The summed E-state index contributed by atoms with van der Waals surface area (Å²) in [6.45, 7) is 0. The summed E-state index contributed by atoms with van der Waals surface area (Å²) in [7, 11) is 0. The van der Waals surface area contributed by atoms with Crippen LogP contribution in [0, 0.1) is 0 Å². The van der Waals surface area contributed by atoms with Crippen LogP contribution in [0.3, 0.4) is 0 Å². The minimum atomic E-state index is 1.11. The zero-order chi connectivity index (χ0) is 70.5. The summed E-state index contributed by atoms with van der Waals surface area (Å²) in [5.41, 5.74) is 30.7. The maximum absolute atomic E-state index is 2.36. The van der Waals surface area contributed by atoms with Crippen molar-refractivity contribution in [3.05, 3.63) is 437 Å². The Morgan fingerprint density at radius 1 is 0.123 bits per heavy atom. The molecular weight excluding hydrogens is 1280 g/mol. The van der Waals surface area contributed by atoms with E-state index in [1.807, 2.05) is 0 Å². The van der Waals surface area contributed by atoms with Crippen molar-refractivity contribution in [3.8, 4) is 89.3 Å². The van der Waals surface area contributed by atoms with Crippen LogP contribution in [0.25, 0.3) is 133 Å². The number of hydrogen-bond acceptors (Lipinski definition) is 2. The van der Waals surface area contributed by atoms with Crippen LogP contribution in [0.2, 0.25) is 0 Å². The monoisotopic (exact) mass is 1350 g/mol. The molecule has 19 rings (SSSR count). The van der Waals surface area contributed by atoms with E-state index in [1.165, 1.54) is 122 Å². The van der Waals surface area contributed by atoms with Crippen molar-refractivity contribution in [3.63, 3.8) is 0 Å². The van der Waals surface area contributed by atoms with E-state index < -0.39 is 0 Å². The van der Waals surface area contributed by atoms with Crippen molar-refractivity contribution in [2.45, 2.75) is 0 Å². The maximum Gasteiger partial charge on any atom is 0.0541 e. The van der Waals surface area contributed by atoms with Crippen LogP contribution >= 0.6 is 0 Å². The molecule has 17 aromatic carbocycles. The summed E-state index contributed by atoms with van der Waals surface area (Å²) in [5, 5.41) is 5.10. The quantitative estimate of drug-likeness (QED) is 0.102. The minimum absolute atomic E-state index is 1.11. The molecule has 0 aliphatic rings. The van der Waals surface area contributed by atoms with Crippen molar-refractivity contribution < 1.29 is 0 Å². The van der Waals surface area contributed by atoms with E-state index in [4.69, 9.17) is 0 Å². The topological polar surface area (TPSA) is 16.3 Å². The second kappa shape index (κ2) is 28.8. The van der Waals surface area contributed by atoms with Crippen molar-refractivity contribution in [1.82, 2.24) is 9.13 Å². The first kappa shape index (κ1) is 64.1. The van der Waals surface area contributed by atoms with Crippen LogP contribution < -0.4 is 9.80 Å². The number of anilines is 6. The predicted octanol–water partition coefficient (Wildman–Crippen LogP) is 28.2. The fourth-order valence-electron chi connectivity index (χ4n) is 15.1. The Morgan fingerprint density at radius 2 is 0.264 bits per heavy atom. The average Bonchev–Trinajstić information content (AvgIpc) is 1.44. The van der Waals surface area contributed by atoms with Gasteiger partial charge in [0.15, 0.2) is 0 Å². The Balaban J connectivity index is 0.000000151. The zero-order valence-electron chi connectivity index (χ0n) is 58.4. The summed E-state index contributed by atoms with van der Waals surface area (Å²) in [4.78, 5) is 4.66. The molecular formula is C102H72N4. The molecule has 0 aliphatic carbocycles. The van der Waals surface area contributed by atoms with Crippen LogP contribution in [0.5, 0.6) is 0 Å². The highest BCUT2D eigenvalue weighted by Gasteiger charge is 2.19. The van der Waals surface area contributed by atoms with Gasteiger partial charge in [0.05, 0.1) is 22.1 Å². The Morgan fingerprint density at radius 3 is 0.453 bits per heavy atom. The van der Waals surface area contributed by atoms with E-state index >= 15 is 0 Å². The fraction of sp³-hybridized carbons (Fsp3) is 0. The normalized spacial score (nSPS) is 11.2. The van der Waals surface area contributed by atoms with Crippen LogP contribution in [-0.4, -0.2) is 9.13 Å². The Labute approximate surface area is 618 Å². The number of para-hydroxylation sites is 4. The fourth-order valence-corrected chi connectivity index (χ4v) is 15.1. The van der Waals surface area contributed by atoms with Crippen molar-refractivity contribution in [1.29, 1.82) is 0 Å². The lowest BCUT2D eigenvalue weighted by molar-refractivity contribution is 1.18. The molecule has 0 atom stereocenters. The van der Waals surface area contributed by atoms with Crippen molar-refractivity contribution in [2.75, 3.05) is 9.80 Å². The van der Waals surface area contributed by atoms with Gasteiger partial charge in [-0.15, -0.1) is 0 Å². The molecule has 2 heterocycles. The second-order valence-corrected chi connectivity index (χ2v) is 26.8. The molecule has 2 aromatic heterocycles. The van der Waals surface area contributed by atoms with Gasteiger partial charge in [-0.3, -0.25) is 0 Å². The molecule has 4 nitrogen and oxygen atoms in total. The number of fused-ring (bicyclic) bond motifs is 6. The van der Waals surface area contributed by atoms with Crippen LogP contribution in [0.1, 0.15) is 0 Å². The second-order valence-electron chi connectivity index (χ2n) is 26.8. The van der Waals surface area contributed by atoms with Gasteiger partial charge in [0.25, 0.3) is 0 Å². The summed E-state index contributed by atoms with van der Waals surface area (Å²) >= 11 is 0. The predicted molar refractivity (Wildman–Crippen MR) is 449 cm³/mol. The highest BCUT2D eigenvalue weighted by atomic mass is 15.1. The molecule has 0 amide bonds. The van der Waals surface area contributed by atoms with E-state index in [1.54, 1.807) is 0 Å². The number of benzene rings is 17. The molecule has 19 aromatic rings. The molecule has 106 heavy (non-hydrogen) atoms. The van der Waals surface area contributed by atoms with Gasteiger partial charge in [-0.1, -0.05) is 315 Å². The molecule has 0 saturated heterocycles. The summed E-state index contributed by atoms with van der Waals surface area (Å²) < 4.78 is 4.73. The smallest absolute Gasteiger partial charge is 0.0541 e. The summed E-state index contributed by atoms with van der Waals surface area (Å²) in [6, 6.07) is 157. The standard InChI is InChI=1S/C54H38N2.C48H34N2/c1-3-11-39(12-4-1)43-23-31-47(32-24-43)55(48-33-25-44(26-34-48)40-13-5-2-6-14-40)49-35-27-45(28-36-49)41-19-21-42(22-20-41)46-29-37-50(38-30-46)56-53-17-9-7-15-51(53)52-16-8-10-18-54(52)56;1-3-11-35(12-4-1)37-19-27-41(28-20-37)49(42-29-21-38(22-30-42)36-13-5-2-6-14-36)43-31-23-39(24-32-43)40-25-33-44(34-26-40)50-47-17-9-7-15-45(47)46-16-8-10-18-48(46)50/h1-38H;1-34H. The molecule has 4 heteroatoms. The number of nitrogens with zero attached hydrogens (tertiary/aromatic N) is 4. The third-order valence-electron chi connectivity index (χ3n) is 20.5. The first-order valence-corrected chi connectivity index (χ1v) is 36.3. The molecule has 500 valence electrons. The first-order valence-electron chi connectivity index (χ1n) is 36.3. The lowest BCUT2D eigenvalue weighted by atomic mass is 9.99. The molecule has 0 aliphatic heterocycles. The van der Waals surface area contributed by atoms with Crippen molar-refractivity contribution in [2.24, 2.45) is 0 Å². The Hall–Kier alpha value is -14.1. The number of rotatable bonds is 15. The molecule has 0 bridgehead atoms. The average molecular weight is 1350 g/mol. The van der Waals surface area contributed by atoms with Gasteiger partial charge < -0.3 is 18.9 Å². The van der Waals surface area contributed by atoms with Gasteiger partial charge in [-0.2, -0.15) is 0 Å². The van der Waals surface area contributed by atoms with Crippen LogP contribution in [-0.2, 0) is 0 Å². The van der Waals surface area contributed by atoms with Gasteiger partial charge >= 0.3 is 0 Å². The first-order chi connectivity index (χ1) is 52.6. The van der Waals surface area contributed by atoms with Gasteiger partial charge in [0, 0.05) is 67.0 Å². The molecule has 0 radical (unpaired) electrons. The third-order valence-corrected chi connectivity index (χ3v) is 20.5. The van der Waals surface area contributed by atoms with E-state index in [0.29, 0.717) is 0 Å². The molecule has 0 N–H and O–H groups in total. The molecule has 0 saturated carbocycles. The molecule has 0 spiro atoms. The summed E-state index contributed by atoms with van der Waals surface area (Å²) in [5.74, 6) is 0. The highest BCUT2D eigenvalue weighted by Crippen LogP contribution is 2.42. The Bertz CT molecular complexity index is 5920. The largest absolute Gasteiger partial charge is 0.311 e. The Kier molecular flexibility index (Phi) is 17.4. The number of aromatic nitrogens is 2.